The number of benzene rings is 1. The lowest BCUT2D eigenvalue weighted by Crippen LogP contribution is -2.25. The van der Waals surface area contributed by atoms with Gasteiger partial charge in [-0.05, 0) is 18.6 Å². The number of methoxy groups -OCH3 is 1. The van der Waals surface area contributed by atoms with Crippen molar-refractivity contribution in [2.75, 3.05) is 13.7 Å². The summed E-state index contributed by atoms with van der Waals surface area (Å²) in [7, 11) is 1.60. The van der Waals surface area contributed by atoms with E-state index in [1.54, 1.807) is 24.2 Å². The van der Waals surface area contributed by atoms with Gasteiger partial charge in [0.1, 0.15) is 5.75 Å². The minimum Gasteiger partial charge on any atom is -0.497 e. The van der Waals surface area contributed by atoms with Gasteiger partial charge >= 0.3 is 0 Å². The largest absolute Gasteiger partial charge is 0.497 e. The molecule has 0 aliphatic rings. The molecule has 0 saturated heterocycles. The molecule has 130 valence electrons. The molecule has 3 aromatic rings. The smallest absolute Gasteiger partial charge is 0.255 e. The third-order valence-corrected chi connectivity index (χ3v) is 3.89. The zero-order valence-electron chi connectivity index (χ0n) is 13.7. The van der Waals surface area contributed by atoms with E-state index in [1.807, 2.05) is 24.3 Å². The van der Waals surface area contributed by atoms with E-state index in [4.69, 9.17) is 16.3 Å². The normalized spacial score (nSPS) is 10.6. The number of aryl methyl sites for hydroxylation is 1. The molecule has 2 N–H and O–H groups in total. The first-order chi connectivity index (χ1) is 12.2. The van der Waals surface area contributed by atoms with Crippen LogP contribution in [0.25, 0.3) is 11.3 Å². The number of aromatic nitrogens is 4. The van der Waals surface area contributed by atoms with Gasteiger partial charge in [-0.2, -0.15) is 10.2 Å². The number of nitrogens with one attached hydrogen (secondary N) is 2. The van der Waals surface area contributed by atoms with Crippen molar-refractivity contribution in [2.24, 2.45) is 0 Å². The van der Waals surface area contributed by atoms with Crippen LogP contribution < -0.4 is 10.1 Å². The third kappa shape index (κ3) is 4.19. The van der Waals surface area contributed by atoms with Crippen LogP contribution in [0.15, 0.2) is 42.9 Å². The molecule has 1 amide bonds. The highest BCUT2D eigenvalue weighted by molar-refractivity contribution is 6.30. The molecular weight excluding hydrogens is 342 g/mol. The summed E-state index contributed by atoms with van der Waals surface area (Å²) >= 11 is 5.82. The molecule has 1 aromatic carbocycles. The first-order valence-electron chi connectivity index (χ1n) is 7.81. The van der Waals surface area contributed by atoms with E-state index in [1.165, 1.54) is 6.20 Å². The molecule has 0 spiro atoms. The van der Waals surface area contributed by atoms with E-state index in [9.17, 15) is 4.79 Å². The van der Waals surface area contributed by atoms with E-state index < -0.39 is 0 Å². The Morgan fingerprint density at radius 3 is 3.04 bits per heavy atom. The van der Waals surface area contributed by atoms with Gasteiger partial charge in [-0.3, -0.25) is 14.6 Å². The topological polar surface area (TPSA) is 84.8 Å². The Morgan fingerprint density at radius 2 is 2.28 bits per heavy atom. The maximum atomic E-state index is 12.4. The van der Waals surface area contributed by atoms with Crippen molar-refractivity contribution in [3.8, 4) is 17.0 Å². The predicted molar refractivity (Wildman–Crippen MR) is 94.8 cm³/mol. The van der Waals surface area contributed by atoms with Gasteiger partial charge in [-0.25, -0.2) is 0 Å². The number of hydrogen-bond donors (Lipinski definition) is 2. The standard InChI is InChI=1S/C17H18ClN5O2/c1-25-14-5-2-4-12(8-14)16-15(10-20-22-16)17(24)19-6-3-7-23-11-13(18)9-21-23/h2,4-5,8-11H,3,6-7H2,1H3,(H,19,24)(H,20,22). The summed E-state index contributed by atoms with van der Waals surface area (Å²) in [6.45, 7) is 1.21. The Hall–Kier alpha value is -2.80. The number of hydrogen-bond acceptors (Lipinski definition) is 4. The lowest BCUT2D eigenvalue weighted by Gasteiger charge is -2.07. The Balaban J connectivity index is 1.60. The minimum atomic E-state index is -0.176. The number of rotatable bonds is 7. The van der Waals surface area contributed by atoms with Crippen LogP contribution in [0.2, 0.25) is 5.02 Å². The van der Waals surface area contributed by atoms with Crippen LogP contribution in [0, 0.1) is 0 Å². The quantitative estimate of drug-likeness (QED) is 0.635. The Kier molecular flexibility index (Phi) is 5.35. The highest BCUT2D eigenvalue weighted by Gasteiger charge is 2.15. The summed E-state index contributed by atoms with van der Waals surface area (Å²) in [5.74, 6) is 0.543. The maximum Gasteiger partial charge on any atom is 0.255 e. The molecule has 2 aromatic heterocycles. The van der Waals surface area contributed by atoms with Gasteiger partial charge in [0.2, 0.25) is 0 Å². The highest BCUT2D eigenvalue weighted by atomic mass is 35.5. The van der Waals surface area contributed by atoms with Crippen molar-refractivity contribution in [3.05, 3.63) is 53.4 Å². The number of amides is 1. The van der Waals surface area contributed by atoms with Gasteiger partial charge < -0.3 is 10.1 Å². The molecule has 0 saturated carbocycles. The summed E-state index contributed by atoms with van der Waals surface area (Å²) in [6.07, 6.45) is 5.61. The van der Waals surface area contributed by atoms with Crippen molar-refractivity contribution >= 4 is 17.5 Å². The summed E-state index contributed by atoms with van der Waals surface area (Å²) in [5.41, 5.74) is 2.00. The zero-order chi connectivity index (χ0) is 17.6. The predicted octanol–water partition coefficient (Wildman–Crippen LogP) is 2.76. The molecule has 2 heterocycles. The Bertz CT molecular complexity index is 858. The molecule has 0 fully saturated rings. The van der Waals surface area contributed by atoms with Crippen LogP contribution in [0.5, 0.6) is 5.75 Å². The second-order valence-electron chi connectivity index (χ2n) is 5.42. The second kappa shape index (κ2) is 7.85. The van der Waals surface area contributed by atoms with Crippen molar-refractivity contribution in [2.45, 2.75) is 13.0 Å². The summed E-state index contributed by atoms with van der Waals surface area (Å²) in [4.78, 5) is 12.4. The minimum absolute atomic E-state index is 0.176. The molecule has 7 nitrogen and oxygen atoms in total. The van der Waals surface area contributed by atoms with Crippen molar-refractivity contribution in [1.82, 2.24) is 25.3 Å². The van der Waals surface area contributed by atoms with Gasteiger partial charge in [0.15, 0.2) is 0 Å². The van der Waals surface area contributed by atoms with E-state index in [2.05, 4.69) is 20.6 Å². The second-order valence-corrected chi connectivity index (χ2v) is 5.86. The summed E-state index contributed by atoms with van der Waals surface area (Å²) in [6, 6.07) is 7.47. The molecule has 0 bridgehead atoms. The Labute approximate surface area is 150 Å². The molecule has 0 radical (unpaired) electrons. The van der Waals surface area contributed by atoms with Crippen molar-refractivity contribution < 1.29 is 9.53 Å². The molecule has 0 atom stereocenters. The van der Waals surface area contributed by atoms with Crippen LogP contribution in [-0.4, -0.2) is 39.5 Å². The van der Waals surface area contributed by atoms with Crippen molar-refractivity contribution in [1.29, 1.82) is 0 Å². The lowest BCUT2D eigenvalue weighted by atomic mass is 10.1. The van der Waals surface area contributed by atoms with E-state index >= 15 is 0 Å². The molecular formula is C17H18ClN5O2. The summed E-state index contributed by atoms with van der Waals surface area (Å²) < 4.78 is 6.97. The van der Waals surface area contributed by atoms with Crippen molar-refractivity contribution in [3.63, 3.8) is 0 Å². The first-order valence-corrected chi connectivity index (χ1v) is 8.19. The van der Waals surface area contributed by atoms with Crippen LogP contribution in [0.1, 0.15) is 16.8 Å². The van der Waals surface area contributed by atoms with E-state index in [0.29, 0.717) is 29.4 Å². The van der Waals surface area contributed by atoms with Crippen LogP contribution in [0.3, 0.4) is 0 Å². The fourth-order valence-electron chi connectivity index (χ4n) is 2.46. The highest BCUT2D eigenvalue weighted by Crippen LogP contribution is 2.24. The van der Waals surface area contributed by atoms with Crippen LogP contribution in [0.4, 0.5) is 0 Å². The summed E-state index contributed by atoms with van der Waals surface area (Å²) in [5, 5.41) is 14.5. The molecule has 25 heavy (non-hydrogen) atoms. The number of ether oxygens (including phenoxy) is 1. The van der Waals surface area contributed by atoms with Crippen LogP contribution >= 0.6 is 11.6 Å². The van der Waals surface area contributed by atoms with Gasteiger partial charge in [0.25, 0.3) is 5.91 Å². The number of H-pyrrole nitrogens is 1. The fourth-order valence-corrected chi connectivity index (χ4v) is 2.61. The monoisotopic (exact) mass is 359 g/mol. The molecule has 0 aliphatic heterocycles. The average molecular weight is 360 g/mol. The van der Waals surface area contributed by atoms with Gasteiger partial charge in [-0.15, -0.1) is 0 Å². The number of nitrogens with zero attached hydrogens (tertiary/aromatic N) is 3. The maximum absolute atomic E-state index is 12.4. The molecule has 0 unspecified atom stereocenters. The molecule has 3 rings (SSSR count). The number of carbonyl (C=O) groups is 1. The Morgan fingerprint density at radius 1 is 1.40 bits per heavy atom. The zero-order valence-corrected chi connectivity index (χ0v) is 14.5. The van der Waals surface area contributed by atoms with E-state index in [0.717, 1.165) is 17.7 Å². The number of aromatic amines is 1. The average Bonchev–Trinajstić information content (AvgIpc) is 3.27. The SMILES string of the molecule is COc1cccc(-c2[nH]ncc2C(=O)NCCCn2cc(Cl)cn2)c1. The van der Waals surface area contributed by atoms with E-state index in [-0.39, 0.29) is 5.91 Å². The first kappa shape index (κ1) is 17.0. The fraction of sp³-hybridized carbons (Fsp3) is 0.235. The molecule has 8 heteroatoms. The lowest BCUT2D eigenvalue weighted by molar-refractivity contribution is 0.0953. The van der Waals surface area contributed by atoms with Gasteiger partial charge in [-0.1, -0.05) is 23.7 Å². The van der Waals surface area contributed by atoms with Gasteiger partial charge in [0, 0.05) is 24.8 Å². The number of halogens is 1. The van der Waals surface area contributed by atoms with Crippen LogP contribution in [-0.2, 0) is 6.54 Å². The molecule has 0 aliphatic carbocycles. The van der Waals surface area contributed by atoms with Gasteiger partial charge in [0.05, 0.1) is 35.8 Å². The third-order valence-electron chi connectivity index (χ3n) is 3.69. The number of carbonyl (C=O) groups excluding carboxylic acids is 1.